The number of nitrogens with one attached hydrogen (secondary N) is 2. The maximum absolute atomic E-state index is 6.95. The average Bonchev–Trinajstić information content (AvgIpc) is 3.54. The number of halogens is 1. The molecule has 0 radical (unpaired) electrons. The number of allylic oxidation sites excluding steroid dienone is 2. The number of aromatic amines is 2. The molecule has 0 aromatic carbocycles. The summed E-state index contributed by atoms with van der Waals surface area (Å²) in [7, 11) is 0. The highest BCUT2D eigenvalue weighted by Gasteiger charge is 2.19. The number of rotatable bonds is 4. The fraction of sp³-hybridized carbons (Fsp3) is 0.387. The normalized spacial score (nSPS) is 13.7. The number of nitrogens with zero attached hydrogens (tertiary/aromatic N) is 1. The molecule has 4 heterocycles. The third-order valence-electron chi connectivity index (χ3n) is 7.96. The van der Waals surface area contributed by atoms with E-state index >= 15 is 0 Å². The molecule has 8 bridgehead atoms. The maximum Gasteiger partial charge on any atom is 0.0693 e. The van der Waals surface area contributed by atoms with Gasteiger partial charge in [0.15, 0.2) is 0 Å². The van der Waals surface area contributed by atoms with Gasteiger partial charge in [-0.05, 0) is 121 Å². The molecule has 3 nitrogen and oxygen atoms in total. The fourth-order valence-electron chi connectivity index (χ4n) is 6.00. The quantitative estimate of drug-likeness (QED) is 0.381. The second-order valence-corrected chi connectivity index (χ2v) is 10.2. The molecule has 0 saturated heterocycles. The summed E-state index contributed by atoms with van der Waals surface area (Å²) in [4.78, 5) is 12.6. The molecule has 0 atom stereocenters. The minimum absolute atomic E-state index is 0.884. The van der Waals surface area contributed by atoms with E-state index in [1.807, 2.05) is 0 Å². The number of aryl methyl sites for hydroxylation is 6. The molecule has 0 unspecified atom stereocenters. The van der Waals surface area contributed by atoms with E-state index in [9.17, 15) is 0 Å². The van der Waals surface area contributed by atoms with Gasteiger partial charge in [-0.3, -0.25) is 0 Å². The van der Waals surface area contributed by atoms with Crippen LogP contribution in [0.2, 0.25) is 5.02 Å². The van der Waals surface area contributed by atoms with Crippen molar-refractivity contribution in [1.29, 1.82) is 0 Å². The van der Waals surface area contributed by atoms with E-state index < -0.39 is 0 Å². The molecule has 3 aromatic heterocycles. The summed E-state index contributed by atoms with van der Waals surface area (Å²) in [6, 6.07) is 9.07. The molecular formula is C31H36ClN3. The lowest BCUT2D eigenvalue weighted by atomic mass is 10.0. The average molecular weight is 486 g/mol. The number of H-pyrrole nitrogens is 2. The number of fused-ring (bicyclic) bond motifs is 8. The van der Waals surface area contributed by atoms with Gasteiger partial charge in [0.25, 0.3) is 0 Å². The molecule has 0 fully saturated rings. The summed E-state index contributed by atoms with van der Waals surface area (Å²) in [5.74, 6) is 0. The highest BCUT2D eigenvalue weighted by molar-refractivity contribution is 6.32. The van der Waals surface area contributed by atoms with Crippen LogP contribution < -0.4 is 0 Å². The molecule has 1 aliphatic carbocycles. The predicted octanol–water partition coefficient (Wildman–Crippen LogP) is 8.69. The number of hydrogen-bond acceptors (Lipinski definition) is 1. The van der Waals surface area contributed by atoms with Crippen molar-refractivity contribution in [2.24, 2.45) is 0 Å². The van der Waals surface area contributed by atoms with E-state index in [-0.39, 0.29) is 0 Å². The second kappa shape index (κ2) is 9.35. The van der Waals surface area contributed by atoms with Gasteiger partial charge in [0.05, 0.1) is 11.4 Å². The van der Waals surface area contributed by atoms with Crippen LogP contribution >= 0.6 is 11.6 Å². The first-order chi connectivity index (χ1) is 16.9. The monoisotopic (exact) mass is 485 g/mol. The lowest BCUT2D eigenvalue weighted by Crippen LogP contribution is -1.86. The van der Waals surface area contributed by atoms with Crippen LogP contribution in [0.4, 0.5) is 0 Å². The van der Waals surface area contributed by atoms with Gasteiger partial charge in [0.2, 0.25) is 0 Å². The summed E-state index contributed by atoms with van der Waals surface area (Å²) < 4.78 is 0. The van der Waals surface area contributed by atoms with E-state index in [0.717, 1.165) is 54.9 Å². The zero-order valence-corrected chi connectivity index (χ0v) is 22.6. The molecule has 0 saturated carbocycles. The Labute approximate surface area is 213 Å². The van der Waals surface area contributed by atoms with Crippen LogP contribution in [0, 0.1) is 6.92 Å². The van der Waals surface area contributed by atoms with Crippen molar-refractivity contribution >= 4 is 44.8 Å². The van der Waals surface area contributed by atoms with Gasteiger partial charge in [-0.2, -0.15) is 0 Å². The van der Waals surface area contributed by atoms with Gasteiger partial charge in [-0.15, -0.1) is 0 Å². The van der Waals surface area contributed by atoms with E-state index in [1.165, 1.54) is 66.6 Å². The van der Waals surface area contributed by atoms with E-state index in [1.54, 1.807) is 0 Å². The van der Waals surface area contributed by atoms with E-state index in [4.69, 9.17) is 16.6 Å². The van der Waals surface area contributed by atoms with Crippen molar-refractivity contribution in [2.75, 3.05) is 0 Å². The van der Waals surface area contributed by atoms with Crippen molar-refractivity contribution in [1.82, 2.24) is 15.0 Å². The molecule has 2 N–H and O–H groups in total. The van der Waals surface area contributed by atoms with Crippen LogP contribution in [0.3, 0.4) is 0 Å². The lowest BCUT2D eigenvalue weighted by molar-refractivity contribution is 1.02. The lowest BCUT2D eigenvalue weighted by Gasteiger charge is -2.01. The van der Waals surface area contributed by atoms with Crippen LogP contribution in [0.1, 0.15) is 85.8 Å². The van der Waals surface area contributed by atoms with Crippen LogP contribution in [0.25, 0.3) is 33.2 Å². The number of aromatic nitrogens is 3. The summed E-state index contributed by atoms with van der Waals surface area (Å²) in [5, 5.41) is 0.884. The van der Waals surface area contributed by atoms with Crippen LogP contribution in [-0.2, 0) is 32.1 Å². The molecule has 0 amide bonds. The van der Waals surface area contributed by atoms with E-state index in [2.05, 4.69) is 75.8 Å². The molecule has 4 heteroatoms. The Hall–Kier alpha value is -2.78. The molecule has 1 aliphatic heterocycles. The van der Waals surface area contributed by atoms with Gasteiger partial charge in [-0.25, -0.2) is 4.98 Å². The smallest absolute Gasteiger partial charge is 0.0693 e. The van der Waals surface area contributed by atoms with Gasteiger partial charge < -0.3 is 9.97 Å². The zero-order valence-electron chi connectivity index (χ0n) is 21.9. The topological polar surface area (TPSA) is 44.5 Å². The van der Waals surface area contributed by atoms with Gasteiger partial charge in [0.1, 0.15) is 0 Å². The van der Waals surface area contributed by atoms with Gasteiger partial charge >= 0.3 is 0 Å². The molecule has 2 aliphatic rings. The molecular weight excluding hydrogens is 450 g/mol. The maximum atomic E-state index is 6.95. The molecule has 5 rings (SSSR count). The Kier molecular flexibility index (Phi) is 6.40. The minimum atomic E-state index is 0.884. The SMILES string of the molecule is CCC1=C(C)c2cc3c(Cl)c(cc4[nH]c(cc5[nH]c(cc1n2)c(CC)c5CC)c(CC)c4C)CC3. The van der Waals surface area contributed by atoms with Crippen molar-refractivity contribution in [3.05, 3.63) is 74.1 Å². The summed E-state index contributed by atoms with van der Waals surface area (Å²) in [6.07, 6.45) is 5.85. The third-order valence-corrected chi connectivity index (χ3v) is 8.45. The van der Waals surface area contributed by atoms with Gasteiger partial charge in [-0.1, -0.05) is 39.3 Å². The first kappa shape index (κ1) is 23.9. The molecule has 35 heavy (non-hydrogen) atoms. The Morgan fingerprint density at radius 3 is 1.89 bits per heavy atom. The van der Waals surface area contributed by atoms with Crippen LogP contribution in [0.15, 0.2) is 24.3 Å². The Morgan fingerprint density at radius 1 is 0.686 bits per heavy atom. The summed E-state index contributed by atoms with van der Waals surface area (Å²) in [6.45, 7) is 13.4. The van der Waals surface area contributed by atoms with Crippen molar-refractivity contribution in [3.63, 3.8) is 0 Å². The minimum Gasteiger partial charge on any atom is -0.355 e. The van der Waals surface area contributed by atoms with E-state index in [0.29, 0.717) is 0 Å². The standard InChI is InChI=1S/C31H36ClN3/c1-7-21-17(5)25-13-19-11-12-20(31(19)32)14-26-18(6)22(8-2)28(34-26)16-30-24(10-4)23(9-3)29(35-30)15-27(21)33-25/h13-16,33,35H,7-12H2,1-6H3. The predicted molar refractivity (Wildman–Crippen MR) is 151 cm³/mol. The van der Waals surface area contributed by atoms with Crippen molar-refractivity contribution in [3.8, 4) is 0 Å². The highest BCUT2D eigenvalue weighted by Crippen LogP contribution is 2.36. The summed E-state index contributed by atoms with van der Waals surface area (Å²) >= 11 is 6.95. The van der Waals surface area contributed by atoms with Crippen LogP contribution in [-0.4, -0.2) is 15.0 Å². The van der Waals surface area contributed by atoms with Crippen molar-refractivity contribution in [2.45, 2.75) is 80.1 Å². The highest BCUT2D eigenvalue weighted by atomic mass is 35.5. The largest absolute Gasteiger partial charge is 0.355 e. The van der Waals surface area contributed by atoms with Crippen molar-refractivity contribution < 1.29 is 0 Å². The van der Waals surface area contributed by atoms with Gasteiger partial charge in [0, 0.05) is 27.1 Å². The Balaban J connectivity index is 1.99. The second-order valence-electron chi connectivity index (χ2n) is 9.81. The van der Waals surface area contributed by atoms with Crippen LogP contribution in [0.5, 0.6) is 0 Å². The molecule has 0 spiro atoms. The fourth-order valence-corrected chi connectivity index (χ4v) is 6.30. The Bertz CT molecular complexity index is 1510. The molecule has 182 valence electrons. The first-order valence-corrected chi connectivity index (χ1v) is 13.5. The summed E-state index contributed by atoms with van der Waals surface area (Å²) in [5.41, 5.74) is 17.3. The third kappa shape index (κ3) is 3.94. The zero-order chi connectivity index (χ0) is 24.9. The Morgan fingerprint density at radius 2 is 1.26 bits per heavy atom. The first-order valence-electron chi connectivity index (χ1n) is 13.1. The molecule has 3 aromatic rings. The number of hydrogen-bond donors (Lipinski definition) is 2.